The summed E-state index contributed by atoms with van der Waals surface area (Å²) >= 11 is 0. The molecule has 1 aliphatic carbocycles. The summed E-state index contributed by atoms with van der Waals surface area (Å²) in [7, 11) is 1.94. The van der Waals surface area contributed by atoms with Crippen LogP contribution >= 0.6 is 0 Å². The third-order valence-electron chi connectivity index (χ3n) is 3.80. The van der Waals surface area contributed by atoms with Gasteiger partial charge in [0.05, 0.1) is 6.04 Å². The molecule has 1 heterocycles. The van der Waals surface area contributed by atoms with E-state index in [4.69, 9.17) is 0 Å². The molecular formula is C15H19N3. The largest absolute Gasteiger partial charge is 0.361 e. The van der Waals surface area contributed by atoms with Crippen LogP contribution in [0.15, 0.2) is 36.5 Å². The Hall–Kier alpha value is -1.77. The first-order valence-corrected chi connectivity index (χ1v) is 6.40. The van der Waals surface area contributed by atoms with Gasteiger partial charge in [-0.15, -0.1) is 0 Å². The van der Waals surface area contributed by atoms with E-state index in [-0.39, 0.29) is 5.41 Å². The van der Waals surface area contributed by atoms with Gasteiger partial charge >= 0.3 is 0 Å². The molecule has 1 N–H and O–H groups in total. The van der Waals surface area contributed by atoms with Crippen molar-refractivity contribution in [2.75, 3.05) is 5.32 Å². The molecule has 1 unspecified atom stereocenters. The molecule has 0 fully saturated rings. The minimum atomic E-state index is 0.223. The highest BCUT2D eigenvalue weighted by Gasteiger charge is 2.38. The first-order chi connectivity index (χ1) is 8.56. The predicted molar refractivity (Wildman–Crippen MR) is 73.5 cm³/mol. The first-order valence-electron chi connectivity index (χ1n) is 6.40. The standard InChI is InChI=1S/C15H19N3/c1-15(2)10-11-6-4-5-7-12(11)14(15)16-13-8-9-18(3)17-13/h4-9,14H,10H2,1-3H3,(H,16,17). The third-order valence-corrected chi connectivity index (χ3v) is 3.80. The molecule has 18 heavy (non-hydrogen) atoms. The minimum absolute atomic E-state index is 0.223. The van der Waals surface area contributed by atoms with E-state index >= 15 is 0 Å². The maximum Gasteiger partial charge on any atom is 0.148 e. The normalized spacial score (nSPS) is 20.7. The van der Waals surface area contributed by atoms with Crippen molar-refractivity contribution >= 4 is 5.82 Å². The molecule has 0 radical (unpaired) electrons. The van der Waals surface area contributed by atoms with Gasteiger partial charge in [0.25, 0.3) is 0 Å². The number of nitrogens with zero attached hydrogens (tertiary/aromatic N) is 2. The fraction of sp³-hybridized carbons (Fsp3) is 0.400. The predicted octanol–water partition coefficient (Wildman–Crippen LogP) is 3.16. The zero-order valence-corrected chi connectivity index (χ0v) is 11.1. The molecule has 3 rings (SSSR count). The van der Waals surface area contributed by atoms with Crippen LogP contribution in [0.4, 0.5) is 5.82 Å². The van der Waals surface area contributed by atoms with E-state index in [0.29, 0.717) is 6.04 Å². The summed E-state index contributed by atoms with van der Waals surface area (Å²) in [5, 5.41) is 7.99. The zero-order chi connectivity index (χ0) is 12.8. The Morgan fingerprint density at radius 3 is 2.78 bits per heavy atom. The van der Waals surface area contributed by atoms with E-state index in [1.54, 1.807) is 0 Å². The smallest absolute Gasteiger partial charge is 0.148 e. The highest BCUT2D eigenvalue weighted by atomic mass is 15.3. The molecule has 2 aromatic rings. The SMILES string of the molecule is Cn1ccc(NC2c3ccccc3CC2(C)C)n1. The molecule has 0 spiro atoms. The van der Waals surface area contributed by atoms with Crippen LogP contribution in [0.25, 0.3) is 0 Å². The van der Waals surface area contributed by atoms with Crippen molar-refractivity contribution in [3.63, 3.8) is 0 Å². The van der Waals surface area contributed by atoms with Gasteiger partial charge in [0, 0.05) is 19.3 Å². The van der Waals surface area contributed by atoms with Gasteiger partial charge in [-0.05, 0) is 23.0 Å². The third kappa shape index (κ3) is 1.80. The second kappa shape index (κ2) is 3.87. The minimum Gasteiger partial charge on any atom is -0.361 e. The summed E-state index contributed by atoms with van der Waals surface area (Å²) in [5.41, 5.74) is 3.09. The average molecular weight is 241 g/mol. The molecular weight excluding hydrogens is 222 g/mol. The molecule has 0 amide bonds. The molecule has 0 saturated carbocycles. The van der Waals surface area contributed by atoms with Crippen LogP contribution in [-0.4, -0.2) is 9.78 Å². The molecule has 0 bridgehead atoms. The number of aryl methyl sites for hydroxylation is 1. The van der Waals surface area contributed by atoms with Gasteiger partial charge in [-0.1, -0.05) is 38.1 Å². The van der Waals surface area contributed by atoms with Crippen LogP contribution in [0.2, 0.25) is 0 Å². The van der Waals surface area contributed by atoms with Crippen LogP contribution in [-0.2, 0) is 13.5 Å². The fourth-order valence-corrected chi connectivity index (χ4v) is 2.90. The monoisotopic (exact) mass is 241 g/mol. The summed E-state index contributed by atoms with van der Waals surface area (Å²) < 4.78 is 1.83. The lowest BCUT2D eigenvalue weighted by Gasteiger charge is -2.28. The Labute approximate surface area is 108 Å². The summed E-state index contributed by atoms with van der Waals surface area (Å²) in [5.74, 6) is 0.951. The Morgan fingerprint density at radius 2 is 2.06 bits per heavy atom. The molecule has 0 aliphatic heterocycles. The van der Waals surface area contributed by atoms with E-state index in [2.05, 4.69) is 48.5 Å². The number of anilines is 1. The number of hydrogen-bond donors (Lipinski definition) is 1. The van der Waals surface area contributed by atoms with Crippen LogP contribution in [0.5, 0.6) is 0 Å². The Balaban J connectivity index is 1.95. The second-order valence-electron chi connectivity index (χ2n) is 5.82. The first kappa shape index (κ1) is 11.3. The van der Waals surface area contributed by atoms with Gasteiger partial charge in [-0.2, -0.15) is 5.10 Å². The van der Waals surface area contributed by atoms with Crippen molar-refractivity contribution in [3.8, 4) is 0 Å². The zero-order valence-electron chi connectivity index (χ0n) is 11.1. The number of rotatable bonds is 2. The molecule has 94 valence electrons. The van der Waals surface area contributed by atoms with Gasteiger partial charge in [0.15, 0.2) is 0 Å². The van der Waals surface area contributed by atoms with Crippen molar-refractivity contribution in [2.45, 2.75) is 26.3 Å². The van der Waals surface area contributed by atoms with Crippen LogP contribution in [0.1, 0.15) is 31.0 Å². The van der Waals surface area contributed by atoms with Crippen molar-refractivity contribution < 1.29 is 0 Å². The molecule has 1 atom stereocenters. The van der Waals surface area contributed by atoms with Crippen molar-refractivity contribution in [2.24, 2.45) is 12.5 Å². The molecule has 0 saturated heterocycles. The van der Waals surface area contributed by atoms with Crippen LogP contribution < -0.4 is 5.32 Å². The highest BCUT2D eigenvalue weighted by Crippen LogP contribution is 2.46. The van der Waals surface area contributed by atoms with E-state index in [0.717, 1.165) is 12.2 Å². The Bertz CT molecular complexity index is 569. The number of hydrogen-bond acceptors (Lipinski definition) is 2. The molecule has 1 aromatic heterocycles. The van der Waals surface area contributed by atoms with Gasteiger partial charge < -0.3 is 5.32 Å². The van der Waals surface area contributed by atoms with Gasteiger partial charge in [-0.3, -0.25) is 4.68 Å². The maximum absolute atomic E-state index is 4.42. The van der Waals surface area contributed by atoms with E-state index in [9.17, 15) is 0 Å². The number of aromatic nitrogens is 2. The lowest BCUT2D eigenvalue weighted by atomic mass is 9.85. The molecule has 1 aromatic carbocycles. The van der Waals surface area contributed by atoms with E-state index in [1.165, 1.54) is 11.1 Å². The highest BCUT2D eigenvalue weighted by molar-refractivity contribution is 5.45. The number of nitrogens with one attached hydrogen (secondary N) is 1. The Kier molecular flexibility index (Phi) is 2.44. The second-order valence-corrected chi connectivity index (χ2v) is 5.82. The topological polar surface area (TPSA) is 29.9 Å². The van der Waals surface area contributed by atoms with Crippen LogP contribution in [0, 0.1) is 5.41 Å². The average Bonchev–Trinajstić information content (AvgIpc) is 2.82. The van der Waals surface area contributed by atoms with Gasteiger partial charge in [0.2, 0.25) is 0 Å². The fourth-order valence-electron chi connectivity index (χ4n) is 2.90. The summed E-state index contributed by atoms with van der Waals surface area (Å²) in [6.45, 7) is 4.63. The van der Waals surface area contributed by atoms with E-state index in [1.807, 2.05) is 24.0 Å². The summed E-state index contributed by atoms with van der Waals surface area (Å²) in [6.07, 6.45) is 3.09. The Morgan fingerprint density at radius 1 is 1.28 bits per heavy atom. The van der Waals surface area contributed by atoms with Crippen molar-refractivity contribution in [1.29, 1.82) is 0 Å². The van der Waals surface area contributed by atoms with Crippen LogP contribution in [0.3, 0.4) is 0 Å². The van der Waals surface area contributed by atoms with Crippen molar-refractivity contribution in [1.82, 2.24) is 9.78 Å². The lowest BCUT2D eigenvalue weighted by molar-refractivity contribution is 0.336. The molecule has 1 aliphatic rings. The molecule has 3 nitrogen and oxygen atoms in total. The van der Waals surface area contributed by atoms with Gasteiger partial charge in [-0.25, -0.2) is 0 Å². The van der Waals surface area contributed by atoms with Crippen molar-refractivity contribution in [3.05, 3.63) is 47.7 Å². The molecule has 3 heteroatoms. The quantitative estimate of drug-likeness (QED) is 0.875. The summed E-state index contributed by atoms with van der Waals surface area (Å²) in [6, 6.07) is 11.1. The van der Waals surface area contributed by atoms with Gasteiger partial charge in [0.1, 0.15) is 5.82 Å². The summed E-state index contributed by atoms with van der Waals surface area (Å²) in [4.78, 5) is 0. The number of benzene rings is 1. The maximum atomic E-state index is 4.42. The number of fused-ring (bicyclic) bond motifs is 1. The lowest BCUT2D eigenvalue weighted by Crippen LogP contribution is -2.24. The van der Waals surface area contributed by atoms with E-state index < -0.39 is 0 Å².